The molecule has 4 atom stereocenters. The average Bonchev–Trinajstić information content (AvgIpc) is 3.49. The lowest BCUT2D eigenvalue weighted by Gasteiger charge is -2.30. The lowest BCUT2D eigenvalue weighted by molar-refractivity contribution is -0.117. The highest BCUT2D eigenvalue weighted by Gasteiger charge is 2.29. The van der Waals surface area contributed by atoms with Crippen molar-refractivity contribution in [1.29, 1.82) is 0 Å². The Morgan fingerprint density at radius 1 is 1.02 bits per heavy atom. The number of nitrogens with zero attached hydrogens (tertiary/aromatic N) is 1. The lowest BCUT2D eigenvalue weighted by Crippen LogP contribution is -2.49. The Balaban J connectivity index is 1.11. The number of ether oxygens (including phenoxy) is 3. The molecule has 0 aliphatic carbocycles. The molecule has 244 valence electrons. The molecule has 46 heavy (non-hydrogen) atoms. The van der Waals surface area contributed by atoms with Crippen LogP contribution < -0.4 is 27.0 Å². The molecule has 0 bridgehead atoms. The number of carbonyl (C=O) groups is 3. The highest BCUT2D eigenvalue weighted by Crippen LogP contribution is 2.29. The van der Waals surface area contributed by atoms with Crippen LogP contribution in [0.3, 0.4) is 0 Å². The Labute approximate surface area is 264 Å². The highest BCUT2D eigenvalue weighted by atomic mass is 19.1. The van der Waals surface area contributed by atoms with E-state index in [4.69, 9.17) is 19.9 Å². The molecular formula is C32H36F2N6O6. The normalized spacial score (nSPS) is 20.0. The third kappa shape index (κ3) is 8.96. The number of alkyl carbamates (subject to hydrolysis) is 2. The van der Waals surface area contributed by atoms with Gasteiger partial charge in [0.05, 0.1) is 49.8 Å². The maximum atomic E-state index is 13.7. The molecule has 2 aromatic carbocycles. The number of anilines is 1. The number of rotatable bonds is 12. The van der Waals surface area contributed by atoms with Gasteiger partial charge in [-0.05, 0) is 59.9 Å². The number of amides is 3. The molecular weight excluding hydrogens is 602 g/mol. The Morgan fingerprint density at radius 2 is 1.72 bits per heavy atom. The number of hydrogen-bond donors (Lipinski definition) is 5. The Kier molecular flexibility index (Phi) is 11.1. The second kappa shape index (κ2) is 15.6. The van der Waals surface area contributed by atoms with Crippen LogP contribution in [-0.4, -0.2) is 80.2 Å². The molecule has 0 radical (unpaired) electrons. The maximum Gasteiger partial charge on any atom is 0.407 e. The quantitative estimate of drug-likeness (QED) is 0.201. The van der Waals surface area contributed by atoms with E-state index in [1.807, 2.05) is 6.07 Å². The number of morpholine rings is 1. The van der Waals surface area contributed by atoms with Crippen LogP contribution in [0.15, 0.2) is 67.0 Å². The average molecular weight is 639 g/mol. The van der Waals surface area contributed by atoms with E-state index in [0.29, 0.717) is 49.4 Å². The van der Waals surface area contributed by atoms with Crippen molar-refractivity contribution in [3.8, 4) is 0 Å². The summed E-state index contributed by atoms with van der Waals surface area (Å²) in [6, 6.07) is 12.0. The largest absolute Gasteiger partial charge is 0.448 e. The predicted octanol–water partition coefficient (Wildman–Crippen LogP) is 2.58. The number of pyridine rings is 1. The molecule has 5 rings (SSSR count). The first-order valence-corrected chi connectivity index (χ1v) is 15.0. The summed E-state index contributed by atoms with van der Waals surface area (Å²) in [6.07, 6.45) is 2.73. The summed E-state index contributed by atoms with van der Waals surface area (Å²) in [5.74, 6) is -1.98. The number of carbonyl (C=O) groups excluding carboxylic acids is 3. The van der Waals surface area contributed by atoms with Gasteiger partial charge in [0.2, 0.25) is 5.91 Å². The number of halogens is 2. The van der Waals surface area contributed by atoms with Crippen LogP contribution in [0.25, 0.3) is 0 Å². The van der Waals surface area contributed by atoms with Crippen LogP contribution in [0.5, 0.6) is 0 Å². The van der Waals surface area contributed by atoms with E-state index >= 15 is 0 Å². The molecule has 1 unspecified atom stereocenters. The first-order chi connectivity index (χ1) is 22.2. The third-order valence-electron chi connectivity index (χ3n) is 7.83. The van der Waals surface area contributed by atoms with Gasteiger partial charge in [-0.2, -0.15) is 0 Å². The second-order valence-corrected chi connectivity index (χ2v) is 11.1. The summed E-state index contributed by atoms with van der Waals surface area (Å²) >= 11 is 0. The summed E-state index contributed by atoms with van der Waals surface area (Å²) in [6.45, 7) is 1.47. The molecule has 2 saturated heterocycles. The number of benzene rings is 2. The molecule has 2 aliphatic heterocycles. The van der Waals surface area contributed by atoms with E-state index < -0.39 is 47.8 Å². The highest BCUT2D eigenvalue weighted by molar-refractivity contribution is 5.96. The summed E-state index contributed by atoms with van der Waals surface area (Å²) in [5, 5.41) is 11.3. The fourth-order valence-electron chi connectivity index (χ4n) is 5.32. The summed E-state index contributed by atoms with van der Waals surface area (Å²) in [4.78, 5) is 40.6. The van der Waals surface area contributed by atoms with Crippen molar-refractivity contribution in [1.82, 2.24) is 20.9 Å². The number of aromatic nitrogens is 1. The van der Waals surface area contributed by atoms with Gasteiger partial charge in [0.25, 0.3) is 0 Å². The van der Waals surface area contributed by atoms with Crippen molar-refractivity contribution >= 4 is 23.8 Å². The van der Waals surface area contributed by atoms with E-state index in [9.17, 15) is 23.2 Å². The molecule has 14 heteroatoms. The number of nitrogens with two attached hydrogens (primary N) is 1. The second-order valence-electron chi connectivity index (χ2n) is 11.1. The van der Waals surface area contributed by atoms with Crippen molar-refractivity contribution in [2.24, 2.45) is 5.73 Å². The molecule has 12 nitrogen and oxygen atoms in total. The van der Waals surface area contributed by atoms with Crippen molar-refractivity contribution < 1.29 is 37.4 Å². The van der Waals surface area contributed by atoms with Gasteiger partial charge in [0.15, 0.2) is 0 Å². The summed E-state index contributed by atoms with van der Waals surface area (Å²) in [7, 11) is 0. The monoisotopic (exact) mass is 638 g/mol. The fourth-order valence-corrected chi connectivity index (χ4v) is 5.32. The summed E-state index contributed by atoms with van der Waals surface area (Å²) in [5.41, 5.74) is 9.06. The van der Waals surface area contributed by atoms with Gasteiger partial charge in [-0.25, -0.2) is 18.4 Å². The molecule has 2 fully saturated rings. The maximum absolute atomic E-state index is 13.7. The van der Waals surface area contributed by atoms with E-state index in [-0.39, 0.29) is 25.3 Å². The van der Waals surface area contributed by atoms with Crippen LogP contribution in [0.1, 0.15) is 29.0 Å². The molecule has 6 N–H and O–H groups in total. The molecule has 2 aliphatic rings. The van der Waals surface area contributed by atoms with Crippen LogP contribution in [-0.2, 0) is 25.4 Å². The molecule has 3 heterocycles. The zero-order valence-electron chi connectivity index (χ0n) is 24.9. The topological polar surface area (TPSA) is 166 Å². The van der Waals surface area contributed by atoms with Crippen molar-refractivity contribution in [3.63, 3.8) is 0 Å². The van der Waals surface area contributed by atoms with E-state index in [1.54, 1.807) is 36.7 Å². The number of hydrogen-bond acceptors (Lipinski definition) is 9. The van der Waals surface area contributed by atoms with Gasteiger partial charge in [0.1, 0.15) is 24.3 Å². The van der Waals surface area contributed by atoms with Crippen molar-refractivity contribution in [3.05, 3.63) is 95.3 Å². The minimum absolute atomic E-state index is 0.110. The van der Waals surface area contributed by atoms with Gasteiger partial charge in [-0.15, -0.1) is 0 Å². The van der Waals surface area contributed by atoms with E-state index in [1.165, 1.54) is 24.3 Å². The van der Waals surface area contributed by atoms with Gasteiger partial charge in [0, 0.05) is 18.7 Å². The van der Waals surface area contributed by atoms with Gasteiger partial charge in [-0.1, -0.05) is 24.3 Å². The van der Waals surface area contributed by atoms with E-state index in [2.05, 4.69) is 26.3 Å². The standard InChI is InChI=1S/C32H36F2N6O6/c33-22-6-1-20(2-7-22)28(21-3-8-23(34)9-4-21)29(35)30(41)40-27-16-36-12-11-19(27)5-10-25-13-37-24(17-44-25)18-45-31(42)38-14-26-15-39-32(43)46-26/h1-4,6-9,11-12,16,24-26,28-29,37H,5,10,13-15,17-18,35H2,(H,38,42)(H,39,43)(H,40,41)/t24-,25+,26?,29-/m0/s1. The zero-order valence-corrected chi connectivity index (χ0v) is 24.9. The van der Waals surface area contributed by atoms with Crippen LogP contribution in [0.4, 0.5) is 24.1 Å². The van der Waals surface area contributed by atoms with Crippen molar-refractivity contribution in [2.45, 2.75) is 43.1 Å². The first-order valence-electron chi connectivity index (χ1n) is 15.0. The summed E-state index contributed by atoms with van der Waals surface area (Å²) < 4.78 is 43.5. The SMILES string of the molecule is N[C@H](C(=O)Nc1cnccc1CC[C@@H]1CN[C@H](COC(=O)NCC2CNC(=O)O2)CO1)C(c1ccc(F)cc1)c1ccc(F)cc1. The lowest BCUT2D eigenvalue weighted by atomic mass is 9.85. The van der Waals surface area contributed by atoms with Gasteiger partial charge < -0.3 is 41.2 Å². The fraction of sp³-hybridized carbons (Fsp3) is 0.375. The van der Waals surface area contributed by atoms with Gasteiger partial charge in [-0.3, -0.25) is 9.78 Å². The van der Waals surface area contributed by atoms with Crippen LogP contribution in [0, 0.1) is 11.6 Å². The third-order valence-corrected chi connectivity index (χ3v) is 7.83. The molecule has 0 spiro atoms. The van der Waals surface area contributed by atoms with Crippen molar-refractivity contribution in [2.75, 3.05) is 38.2 Å². The number of aryl methyl sites for hydroxylation is 1. The Hall–Kier alpha value is -4.66. The molecule has 3 aromatic rings. The minimum Gasteiger partial charge on any atom is -0.448 e. The first kappa shape index (κ1) is 32.7. The molecule has 1 aromatic heterocycles. The smallest absolute Gasteiger partial charge is 0.407 e. The Morgan fingerprint density at radius 3 is 2.33 bits per heavy atom. The van der Waals surface area contributed by atoms with Gasteiger partial charge >= 0.3 is 12.2 Å². The Bertz CT molecular complexity index is 1440. The van der Waals surface area contributed by atoms with Crippen LogP contribution in [0.2, 0.25) is 0 Å². The zero-order chi connectivity index (χ0) is 32.5. The predicted molar refractivity (Wildman–Crippen MR) is 163 cm³/mol. The minimum atomic E-state index is -1.08. The molecule has 3 amide bonds. The number of nitrogens with one attached hydrogen (secondary N) is 4. The molecule has 0 saturated carbocycles. The van der Waals surface area contributed by atoms with E-state index in [0.717, 1.165) is 5.56 Å². The van der Waals surface area contributed by atoms with Crippen LogP contribution >= 0.6 is 0 Å². The number of cyclic esters (lactones) is 1.